The molecular formula is C12H21N3O8S4. The molecule has 1 aromatic carbocycles. The number of nitrogens with zero attached hydrogens (tertiary/aromatic N) is 2. The van der Waals surface area contributed by atoms with E-state index in [9.17, 15) is 33.7 Å². The zero-order valence-electron chi connectivity index (χ0n) is 15.0. The molecule has 15 heteroatoms. The van der Waals surface area contributed by atoms with Crippen LogP contribution in [0.5, 0.6) is 0 Å². The molecule has 0 aliphatic heterocycles. The summed E-state index contributed by atoms with van der Waals surface area (Å²) in [6.07, 6.45) is 2.59. The van der Waals surface area contributed by atoms with Crippen molar-refractivity contribution in [2.45, 2.75) is 6.42 Å². The van der Waals surface area contributed by atoms with Crippen LogP contribution >= 0.6 is 0 Å². The van der Waals surface area contributed by atoms with Gasteiger partial charge >= 0.3 is 0 Å². The van der Waals surface area contributed by atoms with Gasteiger partial charge in [0.1, 0.15) is 0 Å². The Morgan fingerprint density at radius 3 is 1.41 bits per heavy atom. The molecule has 0 spiro atoms. The van der Waals surface area contributed by atoms with Crippen LogP contribution in [0.3, 0.4) is 0 Å². The molecule has 0 fully saturated rings. The second-order valence-electron chi connectivity index (χ2n) is 5.81. The van der Waals surface area contributed by atoms with Crippen molar-refractivity contribution in [3.63, 3.8) is 0 Å². The largest absolute Gasteiger partial charge is 0.330 e. The van der Waals surface area contributed by atoms with Gasteiger partial charge in [0.25, 0.3) is 0 Å². The molecule has 0 saturated heterocycles. The summed E-state index contributed by atoms with van der Waals surface area (Å²) in [5.41, 5.74) is 4.55. The zero-order chi connectivity index (χ0) is 21.4. The Morgan fingerprint density at radius 2 is 1.07 bits per heavy atom. The first kappa shape index (κ1) is 23.6. The molecule has 1 aromatic rings. The van der Waals surface area contributed by atoms with Crippen molar-refractivity contribution in [2.75, 3.05) is 39.0 Å². The normalized spacial score (nSPS) is 13.4. The molecule has 0 saturated carbocycles. The lowest BCUT2D eigenvalue weighted by Gasteiger charge is -2.28. The van der Waals surface area contributed by atoms with Crippen molar-refractivity contribution in [3.8, 4) is 0 Å². The van der Waals surface area contributed by atoms with Gasteiger partial charge in [-0.2, -0.15) is 7.42 Å². The first-order chi connectivity index (χ1) is 11.9. The van der Waals surface area contributed by atoms with Crippen LogP contribution in [-0.2, 0) is 46.5 Å². The SMILES string of the molecule is CS(=O)(=O)N(c1ccc(CCN)cc1N(S(C)(=O)=O)S(C)(=O)=O)S(C)(=O)=O. The molecule has 156 valence electrons. The van der Waals surface area contributed by atoms with E-state index < -0.39 is 51.5 Å². The third-order valence-corrected chi connectivity index (χ3v) is 9.52. The smallest absolute Gasteiger partial charge is 0.245 e. The summed E-state index contributed by atoms with van der Waals surface area (Å²) < 4.78 is 96.8. The predicted molar refractivity (Wildman–Crippen MR) is 104 cm³/mol. The van der Waals surface area contributed by atoms with Crippen molar-refractivity contribution in [2.24, 2.45) is 5.73 Å². The highest BCUT2D eigenvalue weighted by molar-refractivity contribution is 8.10. The predicted octanol–water partition coefficient (Wildman–Crippen LogP) is -1.36. The van der Waals surface area contributed by atoms with Gasteiger partial charge in [-0.15, -0.1) is 0 Å². The Morgan fingerprint density at radius 1 is 0.704 bits per heavy atom. The summed E-state index contributed by atoms with van der Waals surface area (Å²) in [5, 5.41) is 0. The molecule has 0 atom stereocenters. The van der Waals surface area contributed by atoms with Gasteiger partial charge in [-0.05, 0) is 30.7 Å². The lowest BCUT2D eigenvalue weighted by atomic mass is 10.1. The van der Waals surface area contributed by atoms with Gasteiger partial charge < -0.3 is 5.73 Å². The van der Waals surface area contributed by atoms with Crippen molar-refractivity contribution >= 4 is 51.5 Å². The fourth-order valence-electron chi connectivity index (χ4n) is 2.40. The number of sulfonamides is 4. The minimum atomic E-state index is -4.46. The van der Waals surface area contributed by atoms with Crippen molar-refractivity contribution in [1.82, 2.24) is 0 Å². The van der Waals surface area contributed by atoms with Gasteiger partial charge in [0.2, 0.25) is 40.1 Å². The van der Waals surface area contributed by atoms with E-state index in [1.807, 2.05) is 0 Å². The van der Waals surface area contributed by atoms with E-state index in [1.165, 1.54) is 6.07 Å². The van der Waals surface area contributed by atoms with E-state index >= 15 is 0 Å². The van der Waals surface area contributed by atoms with Gasteiger partial charge in [0, 0.05) is 0 Å². The molecule has 11 nitrogen and oxygen atoms in total. The maximum Gasteiger partial charge on any atom is 0.245 e. The molecule has 0 bridgehead atoms. The van der Waals surface area contributed by atoms with E-state index in [1.54, 1.807) is 0 Å². The van der Waals surface area contributed by atoms with E-state index in [4.69, 9.17) is 5.73 Å². The van der Waals surface area contributed by atoms with Crippen molar-refractivity contribution < 1.29 is 33.7 Å². The minimum Gasteiger partial charge on any atom is -0.330 e. The second kappa shape index (κ2) is 7.54. The van der Waals surface area contributed by atoms with Crippen LogP contribution in [0.1, 0.15) is 5.56 Å². The average Bonchev–Trinajstić information content (AvgIpc) is 2.35. The summed E-state index contributed by atoms with van der Waals surface area (Å²) in [4.78, 5) is 0. The summed E-state index contributed by atoms with van der Waals surface area (Å²) in [5.74, 6) is 0. The maximum absolute atomic E-state index is 12.1. The molecule has 1 rings (SSSR count). The highest BCUT2D eigenvalue weighted by Crippen LogP contribution is 2.36. The first-order valence-electron chi connectivity index (χ1n) is 7.14. The Bertz CT molecular complexity index is 1080. The van der Waals surface area contributed by atoms with Gasteiger partial charge in [-0.1, -0.05) is 6.07 Å². The van der Waals surface area contributed by atoms with Crippen molar-refractivity contribution in [1.29, 1.82) is 0 Å². The minimum absolute atomic E-state index is 0.0152. The summed E-state index contributed by atoms with van der Waals surface area (Å²) in [7, 11) is -17.8. The first-order valence-corrected chi connectivity index (χ1v) is 14.5. The van der Waals surface area contributed by atoms with Crippen molar-refractivity contribution in [3.05, 3.63) is 23.8 Å². The molecule has 0 radical (unpaired) electrons. The van der Waals surface area contributed by atoms with Gasteiger partial charge in [0.05, 0.1) is 36.4 Å². The van der Waals surface area contributed by atoms with Gasteiger partial charge in [0.15, 0.2) is 0 Å². The fraction of sp³-hybridized carbons (Fsp3) is 0.500. The third-order valence-electron chi connectivity index (χ3n) is 3.07. The standard InChI is InChI=1S/C12H21N3O8S4/c1-24(16,17)14(25(2,18)19)11-6-5-10(7-8-13)9-12(11)15(26(3,20)21)27(4,22)23/h5-6,9H,7-8,13H2,1-4H3. The quantitative estimate of drug-likeness (QED) is 0.489. The number of nitrogens with two attached hydrogens (primary N) is 1. The molecule has 0 unspecified atom stereocenters. The molecule has 27 heavy (non-hydrogen) atoms. The number of rotatable bonds is 8. The summed E-state index contributed by atoms with van der Waals surface area (Å²) in [6, 6.07) is 3.43. The highest BCUT2D eigenvalue weighted by atomic mass is 32.3. The van der Waals surface area contributed by atoms with Crippen LogP contribution in [0.2, 0.25) is 0 Å². The van der Waals surface area contributed by atoms with Gasteiger partial charge in [-0.3, -0.25) is 0 Å². The zero-order valence-corrected chi connectivity index (χ0v) is 18.3. The molecule has 2 N–H and O–H groups in total. The second-order valence-corrected chi connectivity index (χ2v) is 13.6. The number of hydrogen-bond acceptors (Lipinski definition) is 9. The Labute approximate surface area is 160 Å². The maximum atomic E-state index is 12.1. The molecule has 0 aliphatic rings. The lowest BCUT2D eigenvalue weighted by molar-refractivity contribution is 0.585. The van der Waals surface area contributed by atoms with Crippen LogP contribution in [0, 0.1) is 0 Å². The van der Waals surface area contributed by atoms with Crippen LogP contribution in [-0.4, -0.2) is 65.2 Å². The number of benzene rings is 1. The average molecular weight is 464 g/mol. The third kappa shape index (κ3) is 5.78. The molecule has 0 heterocycles. The Balaban J connectivity index is 4.09. The molecule has 0 aromatic heterocycles. The van der Waals surface area contributed by atoms with Crippen LogP contribution < -0.4 is 13.2 Å². The Kier molecular flexibility index (Phi) is 6.59. The van der Waals surface area contributed by atoms with E-state index in [-0.39, 0.29) is 20.4 Å². The van der Waals surface area contributed by atoms with Crippen LogP contribution in [0.4, 0.5) is 11.4 Å². The summed E-state index contributed by atoms with van der Waals surface area (Å²) in [6.45, 7) is 0.137. The molecule has 0 amide bonds. The highest BCUT2D eigenvalue weighted by Gasteiger charge is 2.36. The fourth-order valence-corrected chi connectivity index (χ4v) is 8.36. The number of anilines is 2. The van der Waals surface area contributed by atoms with E-state index in [0.717, 1.165) is 12.1 Å². The monoisotopic (exact) mass is 463 g/mol. The molecular weight excluding hydrogens is 442 g/mol. The Hall–Kier alpha value is -1.42. The number of hydrogen-bond donors (Lipinski definition) is 1. The summed E-state index contributed by atoms with van der Waals surface area (Å²) >= 11 is 0. The van der Waals surface area contributed by atoms with E-state index in [2.05, 4.69) is 0 Å². The van der Waals surface area contributed by atoms with E-state index in [0.29, 0.717) is 30.6 Å². The van der Waals surface area contributed by atoms with Gasteiger partial charge in [-0.25, -0.2) is 33.7 Å². The van der Waals surface area contributed by atoms with Crippen LogP contribution in [0.15, 0.2) is 18.2 Å². The molecule has 0 aliphatic carbocycles. The lowest BCUT2D eigenvalue weighted by Crippen LogP contribution is -2.40. The topological polar surface area (TPSA) is 169 Å². The van der Waals surface area contributed by atoms with Crippen LogP contribution in [0.25, 0.3) is 0 Å².